The molecular formula is C26H45Cl2NSiTi-2. The molecule has 0 aromatic heterocycles. The van der Waals surface area contributed by atoms with Crippen molar-refractivity contribution in [2.24, 2.45) is 0 Å². The molecule has 0 heterocycles. The van der Waals surface area contributed by atoms with Crippen LogP contribution in [0.25, 0.3) is 0 Å². The average Bonchev–Trinajstić information content (AvgIpc) is 3.00. The third-order valence-electron chi connectivity index (χ3n) is 9.42. The van der Waals surface area contributed by atoms with Crippen LogP contribution in [0.4, 0.5) is 0 Å². The zero-order chi connectivity index (χ0) is 21.8. The summed E-state index contributed by atoms with van der Waals surface area (Å²) in [5.74, 6) is 0. The van der Waals surface area contributed by atoms with Crippen LogP contribution in [-0.4, -0.2) is 12.7 Å². The largest absolute Gasteiger partial charge is 1.00 e. The van der Waals surface area contributed by atoms with Gasteiger partial charge in [0, 0.05) is 0 Å². The number of allylic oxidation sites excluding steroid dienone is 8. The number of hydrogen-bond acceptors (Lipinski definition) is 1. The van der Waals surface area contributed by atoms with Gasteiger partial charge in [0.2, 0.25) is 0 Å². The molecule has 3 aliphatic carbocycles. The number of rotatable bonds is 5. The van der Waals surface area contributed by atoms with Crippen LogP contribution in [-0.2, 0) is 16.1 Å². The summed E-state index contributed by atoms with van der Waals surface area (Å²) in [5, 5.41) is 0. The summed E-state index contributed by atoms with van der Waals surface area (Å²) in [6.07, 6.45) is 12.5. The summed E-state index contributed by atoms with van der Waals surface area (Å²) >= 11 is -2.75. The van der Waals surface area contributed by atoms with Crippen molar-refractivity contribution in [3.63, 3.8) is 0 Å². The van der Waals surface area contributed by atoms with E-state index in [0.717, 1.165) is 6.04 Å². The summed E-state index contributed by atoms with van der Waals surface area (Å²) in [4.78, 5) is 0. The summed E-state index contributed by atoms with van der Waals surface area (Å²) in [6, 6.07) is 0.733. The molecule has 0 saturated heterocycles. The second-order valence-corrected chi connectivity index (χ2v) is 28.5. The molecule has 2 unspecified atom stereocenters. The predicted molar refractivity (Wildman–Crippen MR) is 130 cm³/mol. The Labute approximate surface area is 210 Å². The molecule has 0 aliphatic heterocycles. The smallest absolute Gasteiger partial charge is 1.00 e. The molecule has 0 bridgehead atoms. The van der Waals surface area contributed by atoms with Crippen LogP contribution in [0.1, 0.15) is 87.5 Å². The average molecular weight is 519 g/mol. The Hall–Kier alpha value is 0.431. The SMILES string of the molecule is CC1=C[C](C)([Ti]([NH]C2CCCCC2)([SiH](C)C)[C]2(C)C=C(C)C(C)=C2C)C(C)=C1C.[Cl-].[Cl-]. The standard InChI is InChI=1S/2C9H13.C6H12N.C2H7Si.2ClH.Ti/c2*1-6-5-7(2)9(4)8(6)3;7-6-4-2-1-3-5-6;1-3-2;;;/h2*5H,1-4H3;6-7H,1-5H2;3H,1-2H3;2*1H;/q;;-1;;;;+1/p-2. The summed E-state index contributed by atoms with van der Waals surface area (Å²) in [5.41, 5.74) is 9.52. The molecule has 2 atom stereocenters. The number of nitrogens with one attached hydrogen (secondary N) is 1. The molecule has 1 nitrogen and oxygen atoms in total. The first kappa shape index (κ1) is 29.5. The van der Waals surface area contributed by atoms with E-state index in [1.54, 1.807) is 22.3 Å². The van der Waals surface area contributed by atoms with Crippen LogP contribution in [0, 0.1) is 0 Å². The minimum atomic E-state index is -2.75. The van der Waals surface area contributed by atoms with Crippen LogP contribution in [0.2, 0.25) is 20.5 Å². The first-order valence-corrected chi connectivity index (χ1v) is 19.9. The van der Waals surface area contributed by atoms with Gasteiger partial charge in [0.1, 0.15) is 0 Å². The van der Waals surface area contributed by atoms with E-state index >= 15 is 0 Å². The minimum Gasteiger partial charge on any atom is -1.00 e. The third kappa shape index (κ3) is 4.32. The van der Waals surface area contributed by atoms with E-state index in [2.05, 4.69) is 84.4 Å². The van der Waals surface area contributed by atoms with E-state index in [9.17, 15) is 0 Å². The van der Waals surface area contributed by atoms with Gasteiger partial charge in [-0.15, -0.1) is 0 Å². The van der Waals surface area contributed by atoms with Gasteiger partial charge in [0.05, 0.1) is 0 Å². The fourth-order valence-corrected chi connectivity index (χ4v) is 34.1. The molecule has 3 rings (SSSR count). The van der Waals surface area contributed by atoms with Crippen LogP contribution in [0.3, 0.4) is 0 Å². The maximum absolute atomic E-state index is 4.67. The Morgan fingerprint density at radius 1 is 0.774 bits per heavy atom. The van der Waals surface area contributed by atoms with Gasteiger partial charge < -0.3 is 24.8 Å². The molecular weight excluding hydrogens is 473 g/mol. The second-order valence-electron chi connectivity index (χ2n) is 11.0. The molecule has 1 saturated carbocycles. The Morgan fingerprint density at radius 3 is 1.45 bits per heavy atom. The van der Waals surface area contributed by atoms with E-state index in [1.807, 2.05) is 0 Å². The maximum atomic E-state index is 4.67. The van der Waals surface area contributed by atoms with E-state index < -0.39 is 22.8 Å². The van der Waals surface area contributed by atoms with Crippen molar-refractivity contribution in [1.82, 2.24) is 3.80 Å². The Kier molecular flexibility index (Phi) is 9.85. The molecule has 0 aromatic rings. The van der Waals surface area contributed by atoms with E-state index in [-0.39, 0.29) is 32.3 Å². The van der Waals surface area contributed by atoms with Crippen molar-refractivity contribution in [2.75, 3.05) is 0 Å². The molecule has 31 heavy (non-hydrogen) atoms. The zero-order valence-corrected chi connectivity index (χ0v) is 25.8. The fraction of sp³-hybridized carbons (Fsp3) is 0.692. The monoisotopic (exact) mass is 517 g/mol. The van der Waals surface area contributed by atoms with Gasteiger partial charge in [0.25, 0.3) is 0 Å². The van der Waals surface area contributed by atoms with Gasteiger partial charge in [-0.2, -0.15) is 0 Å². The number of halogens is 2. The van der Waals surface area contributed by atoms with Gasteiger partial charge in [-0.25, -0.2) is 0 Å². The number of hydrogen-bond donors (Lipinski definition) is 1. The summed E-state index contributed by atoms with van der Waals surface area (Å²) in [6.45, 7) is 24.0. The molecule has 0 aromatic carbocycles. The van der Waals surface area contributed by atoms with Crippen molar-refractivity contribution >= 4 is 6.66 Å². The molecule has 0 amide bonds. The molecule has 0 radical (unpaired) electrons. The molecule has 0 spiro atoms. The van der Waals surface area contributed by atoms with Crippen LogP contribution < -0.4 is 28.6 Å². The topological polar surface area (TPSA) is 12.0 Å². The molecule has 1 fully saturated rings. The quantitative estimate of drug-likeness (QED) is 0.549. The van der Waals surface area contributed by atoms with Crippen molar-refractivity contribution < 1.29 is 40.9 Å². The Balaban J connectivity index is 0.00000240. The first-order chi connectivity index (χ1) is 13.4. The van der Waals surface area contributed by atoms with Gasteiger partial charge in [-0.1, -0.05) is 0 Å². The van der Waals surface area contributed by atoms with Crippen LogP contribution in [0.5, 0.6) is 0 Å². The zero-order valence-electron chi connectivity index (χ0n) is 21.6. The Morgan fingerprint density at radius 2 is 1.16 bits per heavy atom. The fourth-order valence-electron chi connectivity index (χ4n) is 7.26. The third-order valence-corrected chi connectivity index (χ3v) is 33.0. The van der Waals surface area contributed by atoms with Crippen molar-refractivity contribution in [1.29, 1.82) is 0 Å². The summed E-state index contributed by atoms with van der Waals surface area (Å²) in [7, 11) is 0. The van der Waals surface area contributed by atoms with Gasteiger partial charge in [0.15, 0.2) is 0 Å². The Bertz CT molecular complexity index is 767. The van der Waals surface area contributed by atoms with Gasteiger partial charge in [-0.3, -0.25) is 0 Å². The minimum absolute atomic E-state index is 0. The van der Waals surface area contributed by atoms with E-state index in [1.165, 1.54) is 43.3 Å². The van der Waals surface area contributed by atoms with Crippen molar-refractivity contribution in [2.45, 2.75) is 114 Å². The second kappa shape index (κ2) is 10.4. The van der Waals surface area contributed by atoms with E-state index in [4.69, 9.17) is 0 Å². The van der Waals surface area contributed by atoms with E-state index in [0.29, 0.717) is 0 Å². The van der Waals surface area contributed by atoms with Crippen LogP contribution >= 0.6 is 0 Å². The van der Waals surface area contributed by atoms with Crippen LogP contribution in [0.15, 0.2) is 45.6 Å². The molecule has 1 N–H and O–H groups in total. The normalized spacial score (nSPS) is 31.3. The molecule has 178 valence electrons. The maximum Gasteiger partial charge on any atom is -1.00 e. The first-order valence-electron chi connectivity index (χ1n) is 12.0. The molecule has 5 heteroatoms. The summed E-state index contributed by atoms with van der Waals surface area (Å²) < 4.78 is 5.15. The van der Waals surface area contributed by atoms with Gasteiger partial charge >= 0.3 is 186 Å². The van der Waals surface area contributed by atoms with Gasteiger partial charge in [-0.05, 0) is 0 Å². The van der Waals surface area contributed by atoms with Crippen molar-refractivity contribution in [3.05, 3.63) is 45.6 Å². The van der Waals surface area contributed by atoms with Crippen molar-refractivity contribution in [3.8, 4) is 0 Å². The molecule has 3 aliphatic rings. The predicted octanol–water partition coefficient (Wildman–Crippen LogP) is 1.92.